The zero-order valence-electron chi connectivity index (χ0n) is 11.9. The van der Waals surface area contributed by atoms with Gasteiger partial charge in [-0.25, -0.2) is 0 Å². The van der Waals surface area contributed by atoms with Crippen molar-refractivity contribution in [3.05, 3.63) is 0 Å². The lowest BCUT2D eigenvalue weighted by Crippen LogP contribution is -2.42. The minimum absolute atomic E-state index is 0.0525. The lowest BCUT2D eigenvalue weighted by Gasteiger charge is -2.29. The predicted octanol–water partition coefficient (Wildman–Crippen LogP) is 0.882. The summed E-state index contributed by atoms with van der Waals surface area (Å²) in [5.74, 6) is 0.102. The summed E-state index contributed by atoms with van der Waals surface area (Å²) in [5.41, 5.74) is 0. The summed E-state index contributed by atoms with van der Waals surface area (Å²) >= 11 is 0. The van der Waals surface area contributed by atoms with Gasteiger partial charge in [-0.05, 0) is 26.2 Å². The van der Waals surface area contributed by atoms with Gasteiger partial charge in [0.25, 0.3) is 0 Å². The van der Waals surface area contributed by atoms with Gasteiger partial charge in [-0.1, -0.05) is 0 Å². The van der Waals surface area contributed by atoms with Crippen LogP contribution in [0.25, 0.3) is 0 Å². The monoisotopic (exact) mass is 268 g/mol. The Bertz CT molecular complexity index is 340. The minimum atomic E-state index is -0.148. The Hall–Kier alpha value is -1.10. The highest BCUT2D eigenvalue weighted by molar-refractivity contribution is 5.89. The maximum absolute atomic E-state index is 12.4. The molecule has 2 saturated heterocycles. The zero-order valence-corrected chi connectivity index (χ0v) is 11.9. The molecule has 2 fully saturated rings. The van der Waals surface area contributed by atoms with E-state index < -0.39 is 0 Å². The van der Waals surface area contributed by atoms with Gasteiger partial charge in [0.15, 0.2) is 0 Å². The molecule has 2 aliphatic heterocycles. The van der Waals surface area contributed by atoms with Crippen molar-refractivity contribution in [2.75, 3.05) is 33.4 Å². The van der Waals surface area contributed by atoms with Crippen LogP contribution in [0.15, 0.2) is 0 Å². The van der Waals surface area contributed by atoms with Crippen molar-refractivity contribution >= 4 is 11.8 Å². The molecule has 0 saturated carbocycles. The fourth-order valence-electron chi connectivity index (χ4n) is 3.03. The largest absolute Gasteiger partial charge is 0.383 e. The zero-order chi connectivity index (χ0) is 13.8. The van der Waals surface area contributed by atoms with E-state index in [1.165, 1.54) is 6.42 Å². The average Bonchev–Trinajstić information content (AvgIpc) is 2.81. The number of methoxy groups -OCH3 is 1. The first-order chi connectivity index (χ1) is 9.13. The highest BCUT2D eigenvalue weighted by Gasteiger charge is 2.38. The molecule has 19 heavy (non-hydrogen) atoms. The second kappa shape index (κ2) is 6.37. The number of carbonyl (C=O) groups is 2. The molecule has 108 valence electrons. The standard InChI is InChI=1S/C14H24N2O3/c1-11(10-19-2)16-9-12(8-13(16)17)14(18)15-6-4-3-5-7-15/h11-12H,3-10H2,1-2H3/t11-,12-/m1/s1. The number of carbonyl (C=O) groups excluding carboxylic acids is 2. The third-order valence-corrected chi connectivity index (χ3v) is 4.12. The van der Waals surface area contributed by atoms with E-state index in [0.29, 0.717) is 19.6 Å². The van der Waals surface area contributed by atoms with E-state index in [1.807, 2.05) is 11.8 Å². The topological polar surface area (TPSA) is 49.9 Å². The Balaban J connectivity index is 1.92. The van der Waals surface area contributed by atoms with Crippen LogP contribution in [0.2, 0.25) is 0 Å². The van der Waals surface area contributed by atoms with Crippen molar-refractivity contribution in [3.63, 3.8) is 0 Å². The highest BCUT2D eigenvalue weighted by Crippen LogP contribution is 2.23. The van der Waals surface area contributed by atoms with Crippen molar-refractivity contribution in [2.45, 2.75) is 38.6 Å². The van der Waals surface area contributed by atoms with E-state index in [2.05, 4.69) is 0 Å². The van der Waals surface area contributed by atoms with Gasteiger partial charge in [0.1, 0.15) is 0 Å². The van der Waals surface area contributed by atoms with Gasteiger partial charge in [-0.3, -0.25) is 9.59 Å². The number of hydrogen-bond donors (Lipinski definition) is 0. The second-order valence-electron chi connectivity index (χ2n) is 5.64. The second-order valence-corrected chi connectivity index (χ2v) is 5.64. The van der Waals surface area contributed by atoms with Gasteiger partial charge in [-0.2, -0.15) is 0 Å². The number of rotatable bonds is 4. The molecule has 2 amide bonds. The third-order valence-electron chi connectivity index (χ3n) is 4.12. The number of piperidine rings is 1. The molecule has 0 unspecified atom stereocenters. The van der Waals surface area contributed by atoms with Crippen molar-refractivity contribution < 1.29 is 14.3 Å². The van der Waals surface area contributed by atoms with Gasteiger partial charge in [0, 0.05) is 33.2 Å². The van der Waals surface area contributed by atoms with E-state index >= 15 is 0 Å². The lowest BCUT2D eigenvalue weighted by molar-refractivity contribution is -0.136. The summed E-state index contributed by atoms with van der Waals surface area (Å²) < 4.78 is 5.09. The summed E-state index contributed by atoms with van der Waals surface area (Å²) in [6.45, 7) is 4.76. The third kappa shape index (κ3) is 3.26. The summed E-state index contributed by atoms with van der Waals surface area (Å²) in [6, 6.07) is 0.0525. The van der Waals surface area contributed by atoms with Crippen LogP contribution in [0.5, 0.6) is 0 Å². The summed E-state index contributed by atoms with van der Waals surface area (Å²) in [4.78, 5) is 28.1. The molecule has 0 bridgehead atoms. The Morgan fingerprint density at radius 1 is 1.37 bits per heavy atom. The van der Waals surface area contributed by atoms with Crippen LogP contribution < -0.4 is 0 Å². The number of likely N-dealkylation sites (tertiary alicyclic amines) is 2. The first kappa shape index (κ1) is 14.3. The smallest absolute Gasteiger partial charge is 0.227 e. The van der Waals surface area contributed by atoms with Gasteiger partial charge < -0.3 is 14.5 Å². The van der Waals surface area contributed by atoms with Crippen LogP contribution in [0.1, 0.15) is 32.6 Å². The molecule has 5 nitrogen and oxygen atoms in total. The first-order valence-electron chi connectivity index (χ1n) is 7.20. The molecule has 2 heterocycles. The highest BCUT2D eigenvalue weighted by atomic mass is 16.5. The quantitative estimate of drug-likeness (QED) is 0.760. The molecule has 0 radical (unpaired) electrons. The summed E-state index contributed by atoms with van der Waals surface area (Å²) in [5, 5.41) is 0. The van der Waals surface area contributed by atoms with Gasteiger partial charge in [0.05, 0.1) is 18.6 Å². The molecule has 0 aromatic carbocycles. The number of ether oxygens (including phenoxy) is 1. The van der Waals surface area contributed by atoms with Crippen molar-refractivity contribution in [3.8, 4) is 0 Å². The first-order valence-corrected chi connectivity index (χ1v) is 7.20. The van der Waals surface area contributed by atoms with Crippen LogP contribution in [0.3, 0.4) is 0 Å². The molecule has 2 aliphatic rings. The molecule has 0 aromatic heterocycles. The SMILES string of the molecule is COC[C@@H](C)N1C[C@H](C(=O)N2CCCCC2)CC1=O. The van der Waals surface area contributed by atoms with Crippen LogP contribution in [0.4, 0.5) is 0 Å². The van der Waals surface area contributed by atoms with E-state index in [9.17, 15) is 9.59 Å². The van der Waals surface area contributed by atoms with Crippen molar-refractivity contribution in [1.29, 1.82) is 0 Å². The van der Waals surface area contributed by atoms with Gasteiger partial charge in [0.2, 0.25) is 11.8 Å². The van der Waals surface area contributed by atoms with E-state index in [4.69, 9.17) is 4.74 Å². The lowest BCUT2D eigenvalue weighted by atomic mass is 10.0. The maximum atomic E-state index is 12.4. The fourth-order valence-corrected chi connectivity index (χ4v) is 3.03. The predicted molar refractivity (Wildman–Crippen MR) is 71.6 cm³/mol. The molecule has 0 spiro atoms. The Morgan fingerprint density at radius 3 is 2.68 bits per heavy atom. The number of nitrogens with zero attached hydrogens (tertiary/aromatic N) is 2. The number of hydrogen-bond acceptors (Lipinski definition) is 3. The molecule has 2 rings (SSSR count). The molecule has 5 heteroatoms. The normalized spacial score (nSPS) is 25.8. The van der Waals surface area contributed by atoms with Crippen LogP contribution in [0, 0.1) is 5.92 Å². The van der Waals surface area contributed by atoms with E-state index in [-0.39, 0.29) is 23.8 Å². The van der Waals surface area contributed by atoms with Crippen LogP contribution in [-0.4, -0.2) is 61.0 Å². The Kier molecular flexibility index (Phi) is 4.80. The average molecular weight is 268 g/mol. The molecule has 2 atom stereocenters. The van der Waals surface area contributed by atoms with Crippen molar-refractivity contribution in [1.82, 2.24) is 9.80 Å². The summed E-state index contributed by atoms with van der Waals surface area (Å²) in [7, 11) is 1.63. The van der Waals surface area contributed by atoms with Gasteiger partial charge >= 0.3 is 0 Å². The Labute approximate surface area is 114 Å². The van der Waals surface area contributed by atoms with Gasteiger partial charge in [-0.15, -0.1) is 0 Å². The Morgan fingerprint density at radius 2 is 2.05 bits per heavy atom. The molecular formula is C14H24N2O3. The van der Waals surface area contributed by atoms with Crippen LogP contribution in [-0.2, 0) is 14.3 Å². The fraction of sp³-hybridized carbons (Fsp3) is 0.857. The van der Waals surface area contributed by atoms with E-state index in [1.54, 1.807) is 12.0 Å². The molecule has 0 N–H and O–H groups in total. The van der Waals surface area contributed by atoms with Crippen molar-refractivity contribution in [2.24, 2.45) is 5.92 Å². The molecule has 0 aliphatic carbocycles. The molecular weight excluding hydrogens is 244 g/mol. The van der Waals surface area contributed by atoms with Crippen LogP contribution >= 0.6 is 0 Å². The molecule has 0 aromatic rings. The summed E-state index contributed by atoms with van der Waals surface area (Å²) in [6.07, 6.45) is 3.76. The van der Waals surface area contributed by atoms with E-state index in [0.717, 1.165) is 25.9 Å². The maximum Gasteiger partial charge on any atom is 0.227 e. The minimum Gasteiger partial charge on any atom is -0.383 e. The number of amides is 2.